The lowest BCUT2D eigenvalue weighted by molar-refractivity contribution is 0.546. The molecular formula is C15H14ClFN4. The van der Waals surface area contributed by atoms with E-state index in [0.717, 1.165) is 6.07 Å². The second-order valence-corrected chi connectivity index (χ2v) is 5.97. The highest BCUT2D eigenvalue weighted by Crippen LogP contribution is 2.25. The van der Waals surface area contributed by atoms with E-state index in [4.69, 9.17) is 16.9 Å². The maximum atomic E-state index is 13.9. The van der Waals surface area contributed by atoms with Gasteiger partial charge < -0.3 is 5.32 Å². The maximum Gasteiger partial charge on any atom is 0.147 e. The number of hydrogen-bond acceptors (Lipinski definition) is 4. The number of nitrogens with zero attached hydrogens (tertiary/aromatic N) is 3. The Labute approximate surface area is 127 Å². The summed E-state index contributed by atoms with van der Waals surface area (Å²) in [5.41, 5.74) is 0.211. The first-order chi connectivity index (χ1) is 9.79. The highest BCUT2D eigenvalue weighted by Gasteiger charge is 2.19. The van der Waals surface area contributed by atoms with Crippen molar-refractivity contribution in [2.75, 3.05) is 5.32 Å². The fourth-order valence-electron chi connectivity index (χ4n) is 1.64. The monoisotopic (exact) mass is 304 g/mol. The molecule has 4 nitrogen and oxygen atoms in total. The predicted octanol–water partition coefficient (Wildman–Crippen LogP) is 4.18. The van der Waals surface area contributed by atoms with Crippen LogP contribution in [0.1, 0.15) is 32.2 Å². The Morgan fingerprint density at radius 3 is 2.52 bits per heavy atom. The first kappa shape index (κ1) is 15.2. The number of aromatic nitrogens is 2. The van der Waals surface area contributed by atoms with Crippen LogP contribution in [0.2, 0.25) is 5.15 Å². The summed E-state index contributed by atoms with van der Waals surface area (Å²) in [5, 5.41) is 11.9. The smallest absolute Gasteiger partial charge is 0.147 e. The minimum Gasteiger partial charge on any atom is -0.338 e. The number of nitrogens with one attached hydrogen (secondary N) is 1. The molecule has 0 bridgehead atoms. The molecule has 21 heavy (non-hydrogen) atoms. The predicted molar refractivity (Wildman–Crippen MR) is 80.1 cm³/mol. The van der Waals surface area contributed by atoms with Gasteiger partial charge in [0.1, 0.15) is 22.6 Å². The van der Waals surface area contributed by atoms with Crippen LogP contribution in [-0.4, -0.2) is 9.97 Å². The molecule has 108 valence electrons. The van der Waals surface area contributed by atoms with E-state index in [1.165, 1.54) is 18.2 Å². The summed E-state index contributed by atoms with van der Waals surface area (Å²) in [4.78, 5) is 8.52. The Bertz CT molecular complexity index is 717. The van der Waals surface area contributed by atoms with Crippen LogP contribution >= 0.6 is 11.6 Å². The number of halogens is 2. The maximum absolute atomic E-state index is 13.9. The highest BCUT2D eigenvalue weighted by atomic mass is 35.5. The van der Waals surface area contributed by atoms with Gasteiger partial charge in [-0.3, -0.25) is 0 Å². The average Bonchev–Trinajstić information content (AvgIpc) is 2.39. The molecule has 1 aromatic heterocycles. The molecule has 1 N–H and O–H groups in total. The van der Waals surface area contributed by atoms with Crippen molar-refractivity contribution in [3.63, 3.8) is 0 Å². The van der Waals surface area contributed by atoms with Gasteiger partial charge in [-0.15, -0.1) is 0 Å². The van der Waals surface area contributed by atoms with E-state index < -0.39 is 5.82 Å². The minimum atomic E-state index is -0.527. The summed E-state index contributed by atoms with van der Waals surface area (Å²) in [6.45, 7) is 5.89. The van der Waals surface area contributed by atoms with Gasteiger partial charge >= 0.3 is 0 Å². The van der Waals surface area contributed by atoms with Crippen molar-refractivity contribution >= 4 is 23.1 Å². The second-order valence-electron chi connectivity index (χ2n) is 5.58. The van der Waals surface area contributed by atoms with E-state index in [1.54, 1.807) is 0 Å². The molecule has 0 atom stereocenters. The first-order valence-electron chi connectivity index (χ1n) is 6.31. The van der Waals surface area contributed by atoms with Crippen molar-refractivity contribution < 1.29 is 4.39 Å². The van der Waals surface area contributed by atoms with Gasteiger partial charge in [-0.05, 0) is 18.2 Å². The standard InChI is InChI=1S/C15H14ClFN4/c1-15(2,3)14-20-12(16)7-13(21-14)19-11-5-4-9(8-18)6-10(11)17/h4-7H,1-3H3,(H,19,20,21). The summed E-state index contributed by atoms with van der Waals surface area (Å²) in [6, 6.07) is 7.58. The van der Waals surface area contributed by atoms with Gasteiger partial charge in [0.2, 0.25) is 0 Å². The molecule has 2 aromatic rings. The number of benzene rings is 1. The van der Waals surface area contributed by atoms with Gasteiger partial charge in [0.15, 0.2) is 0 Å². The molecule has 0 aliphatic rings. The van der Waals surface area contributed by atoms with Crippen LogP contribution < -0.4 is 5.32 Å². The third-order valence-corrected chi connectivity index (χ3v) is 2.92. The van der Waals surface area contributed by atoms with Crippen molar-refractivity contribution in [2.45, 2.75) is 26.2 Å². The molecule has 0 amide bonds. The van der Waals surface area contributed by atoms with Gasteiger partial charge in [0, 0.05) is 11.5 Å². The number of rotatable bonds is 2. The highest BCUT2D eigenvalue weighted by molar-refractivity contribution is 6.29. The molecule has 0 unspecified atom stereocenters. The summed E-state index contributed by atoms with van der Waals surface area (Å²) in [6.07, 6.45) is 0. The van der Waals surface area contributed by atoms with Crippen molar-refractivity contribution in [3.8, 4) is 6.07 Å². The van der Waals surface area contributed by atoms with Gasteiger partial charge in [-0.2, -0.15) is 5.26 Å². The molecule has 0 spiro atoms. The van der Waals surface area contributed by atoms with E-state index in [9.17, 15) is 4.39 Å². The minimum absolute atomic E-state index is 0.226. The zero-order valence-corrected chi connectivity index (χ0v) is 12.7. The van der Waals surface area contributed by atoms with Crippen molar-refractivity contribution in [1.82, 2.24) is 9.97 Å². The first-order valence-corrected chi connectivity index (χ1v) is 6.69. The Morgan fingerprint density at radius 2 is 1.95 bits per heavy atom. The Kier molecular flexibility index (Phi) is 4.10. The van der Waals surface area contributed by atoms with Crippen LogP contribution in [0, 0.1) is 17.1 Å². The quantitative estimate of drug-likeness (QED) is 0.845. The van der Waals surface area contributed by atoms with E-state index in [-0.39, 0.29) is 21.8 Å². The van der Waals surface area contributed by atoms with Gasteiger partial charge in [0.25, 0.3) is 0 Å². The molecule has 0 aliphatic carbocycles. The molecule has 2 rings (SSSR count). The van der Waals surface area contributed by atoms with E-state index >= 15 is 0 Å². The second kappa shape index (κ2) is 5.66. The van der Waals surface area contributed by atoms with E-state index in [1.807, 2.05) is 26.8 Å². The molecule has 0 radical (unpaired) electrons. The number of hydrogen-bond donors (Lipinski definition) is 1. The van der Waals surface area contributed by atoms with E-state index in [0.29, 0.717) is 11.6 Å². The number of anilines is 2. The third-order valence-electron chi connectivity index (χ3n) is 2.73. The molecular weight excluding hydrogens is 291 g/mol. The van der Waals surface area contributed by atoms with Crippen LogP contribution in [0.3, 0.4) is 0 Å². The Balaban J connectivity index is 2.36. The molecule has 6 heteroatoms. The molecule has 0 saturated heterocycles. The van der Waals surface area contributed by atoms with Gasteiger partial charge in [-0.25, -0.2) is 14.4 Å². The Hall–Kier alpha value is -2.19. The van der Waals surface area contributed by atoms with Crippen LogP contribution in [0.4, 0.5) is 15.9 Å². The van der Waals surface area contributed by atoms with Crippen LogP contribution in [0.25, 0.3) is 0 Å². The lowest BCUT2D eigenvalue weighted by atomic mass is 9.96. The topological polar surface area (TPSA) is 61.6 Å². The molecule has 1 heterocycles. The Morgan fingerprint density at radius 1 is 1.24 bits per heavy atom. The lowest BCUT2D eigenvalue weighted by Gasteiger charge is -2.18. The number of nitriles is 1. The lowest BCUT2D eigenvalue weighted by Crippen LogP contribution is -2.16. The molecule has 1 aromatic carbocycles. The summed E-state index contributed by atoms with van der Waals surface area (Å²) >= 11 is 5.98. The van der Waals surface area contributed by atoms with Gasteiger partial charge in [-0.1, -0.05) is 32.4 Å². The normalized spacial score (nSPS) is 11.0. The van der Waals surface area contributed by atoms with Crippen molar-refractivity contribution in [1.29, 1.82) is 5.26 Å². The molecule has 0 fully saturated rings. The summed E-state index contributed by atoms with van der Waals surface area (Å²) in [7, 11) is 0. The summed E-state index contributed by atoms with van der Waals surface area (Å²) in [5.74, 6) is 0.441. The molecule has 0 aliphatic heterocycles. The van der Waals surface area contributed by atoms with Crippen LogP contribution in [-0.2, 0) is 5.41 Å². The fraction of sp³-hybridized carbons (Fsp3) is 0.267. The van der Waals surface area contributed by atoms with Crippen LogP contribution in [0.5, 0.6) is 0 Å². The largest absolute Gasteiger partial charge is 0.338 e. The van der Waals surface area contributed by atoms with Crippen LogP contribution in [0.15, 0.2) is 24.3 Å². The van der Waals surface area contributed by atoms with E-state index in [2.05, 4.69) is 15.3 Å². The van der Waals surface area contributed by atoms with Crippen molar-refractivity contribution in [2.24, 2.45) is 0 Å². The fourth-order valence-corrected chi connectivity index (χ4v) is 1.82. The zero-order chi connectivity index (χ0) is 15.6. The van der Waals surface area contributed by atoms with Gasteiger partial charge in [0.05, 0.1) is 17.3 Å². The van der Waals surface area contributed by atoms with Crippen molar-refractivity contribution in [3.05, 3.63) is 46.6 Å². The third kappa shape index (κ3) is 3.67. The average molecular weight is 305 g/mol. The summed E-state index contributed by atoms with van der Waals surface area (Å²) < 4.78 is 13.9. The zero-order valence-electron chi connectivity index (χ0n) is 11.9. The SMILES string of the molecule is CC(C)(C)c1nc(Cl)cc(Nc2ccc(C#N)cc2F)n1. The molecule has 0 saturated carbocycles.